The van der Waals surface area contributed by atoms with Crippen molar-refractivity contribution in [2.75, 3.05) is 26.9 Å². The van der Waals surface area contributed by atoms with Gasteiger partial charge in [-0.2, -0.15) is 0 Å². The first-order valence-electron chi connectivity index (χ1n) is 6.30. The summed E-state index contributed by atoms with van der Waals surface area (Å²) in [7, 11) is 1.35. The third kappa shape index (κ3) is 4.33. The molecule has 0 aromatic heterocycles. The van der Waals surface area contributed by atoms with Gasteiger partial charge in [-0.25, -0.2) is 0 Å². The average Bonchev–Trinajstić information content (AvgIpc) is 2.87. The number of esters is 2. The van der Waals surface area contributed by atoms with E-state index in [2.05, 4.69) is 10.1 Å². The highest BCUT2D eigenvalue weighted by molar-refractivity contribution is 5.85. The lowest BCUT2D eigenvalue weighted by Crippen LogP contribution is -2.31. The van der Waals surface area contributed by atoms with E-state index in [-0.39, 0.29) is 42.4 Å². The molecule has 19 heavy (non-hydrogen) atoms. The van der Waals surface area contributed by atoms with Crippen molar-refractivity contribution in [2.45, 2.75) is 31.4 Å². The zero-order valence-electron chi connectivity index (χ0n) is 10.9. The van der Waals surface area contributed by atoms with E-state index in [1.165, 1.54) is 7.11 Å². The van der Waals surface area contributed by atoms with E-state index in [9.17, 15) is 9.59 Å². The zero-order valence-corrected chi connectivity index (χ0v) is 11.7. The highest BCUT2D eigenvalue weighted by Crippen LogP contribution is 2.19. The number of hydrogen-bond acceptors (Lipinski definition) is 6. The maximum Gasteiger partial charge on any atom is 0.323 e. The molecule has 0 aromatic rings. The van der Waals surface area contributed by atoms with Crippen molar-refractivity contribution in [1.82, 2.24) is 5.32 Å². The number of methoxy groups -OCH3 is 1. The lowest BCUT2D eigenvalue weighted by Gasteiger charge is -2.22. The van der Waals surface area contributed by atoms with Gasteiger partial charge < -0.3 is 19.5 Å². The summed E-state index contributed by atoms with van der Waals surface area (Å²) in [6.45, 7) is 1.75. The summed E-state index contributed by atoms with van der Waals surface area (Å²) >= 11 is 0. The van der Waals surface area contributed by atoms with Crippen LogP contribution < -0.4 is 5.32 Å². The van der Waals surface area contributed by atoms with Crippen molar-refractivity contribution >= 4 is 24.3 Å². The first-order chi connectivity index (χ1) is 8.70. The minimum Gasteiger partial charge on any atom is -0.468 e. The van der Waals surface area contributed by atoms with Gasteiger partial charge in [0.15, 0.2) is 0 Å². The van der Waals surface area contributed by atoms with E-state index in [1.54, 1.807) is 0 Å². The molecule has 2 fully saturated rings. The molecule has 2 atom stereocenters. The smallest absolute Gasteiger partial charge is 0.323 e. The van der Waals surface area contributed by atoms with Crippen molar-refractivity contribution in [3.63, 3.8) is 0 Å². The lowest BCUT2D eigenvalue weighted by atomic mass is 10.0. The molecule has 0 spiro atoms. The second-order valence-corrected chi connectivity index (χ2v) is 4.67. The quantitative estimate of drug-likeness (QED) is 0.754. The van der Waals surface area contributed by atoms with Crippen LogP contribution in [-0.2, 0) is 23.8 Å². The van der Waals surface area contributed by atoms with Crippen LogP contribution in [0, 0.1) is 5.92 Å². The Hall–Kier alpha value is -0.850. The van der Waals surface area contributed by atoms with Gasteiger partial charge >= 0.3 is 11.9 Å². The predicted molar refractivity (Wildman–Crippen MR) is 69.1 cm³/mol. The Morgan fingerprint density at radius 3 is 2.53 bits per heavy atom. The third-order valence-electron chi connectivity index (χ3n) is 3.41. The van der Waals surface area contributed by atoms with Crippen LogP contribution in [0.3, 0.4) is 0 Å². The summed E-state index contributed by atoms with van der Waals surface area (Å²) in [6.07, 6.45) is 1.70. The molecular formula is C12H20ClNO5. The minimum absolute atomic E-state index is 0. The van der Waals surface area contributed by atoms with E-state index < -0.39 is 0 Å². The van der Waals surface area contributed by atoms with Crippen molar-refractivity contribution in [2.24, 2.45) is 5.92 Å². The standard InChI is InChI=1S/C12H19NO5.ClH/c1-16-12(15)10-6-9(7-13-10)18-11(14)8-2-4-17-5-3-8;/h8-10,13H,2-7H2,1H3;1H. The zero-order chi connectivity index (χ0) is 13.0. The van der Waals surface area contributed by atoms with Gasteiger partial charge in [-0.3, -0.25) is 9.59 Å². The van der Waals surface area contributed by atoms with Crippen molar-refractivity contribution in [3.8, 4) is 0 Å². The molecule has 1 N–H and O–H groups in total. The second-order valence-electron chi connectivity index (χ2n) is 4.67. The van der Waals surface area contributed by atoms with Crippen molar-refractivity contribution in [3.05, 3.63) is 0 Å². The fourth-order valence-corrected chi connectivity index (χ4v) is 2.31. The van der Waals surface area contributed by atoms with E-state index in [4.69, 9.17) is 9.47 Å². The van der Waals surface area contributed by atoms with E-state index >= 15 is 0 Å². The molecule has 2 aliphatic heterocycles. The molecule has 2 rings (SSSR count). The van der Waals surface area contributed by atoms with Gasteiger partial charge in [0.05, 0.1) is 13.0 Å². The van der Waals surface area contributed by atoms with Crippen LogP contribution in [0.1, 0.15) is 19.3 Å². The summed E-state index contributed by atoms with van der Waals surface area (Å²) < 4.78 is 15.3. The molecule has 0 bridgehead atoms. The van der Waals surface area contributed by atoms with E-state index in [1.807, 2.05) is 0 Å². The largest absolute Gasteiger partial charge is 0.468 e. The van der Waals surface area contributed by atoms with Crippen LogP contribution in [0.15, 0.2) is 0 Å². The molecule has 0 saturated carbocycles. The number of halogens is 1. The number of carbonyl (C=O) groups excluding carboxylic acids is 2. The summed E-state index contributed by atoms with van der Waals surface area (Å²) in [5.41, 5.74) is 0. The SMILES string of the molecule is COC(=O)C1CC(OC(=O)C2CCOCC2)CN1.Cl. The Kier molecular flexibility index (Phi) is 6.54. The third-order valence-corrected chi connectivity index (χ3v) is 3.41. The van der Waals surface area contributed by atoms with Gasteiger partial charge in [-0.15, -0.1) is 12.4 Å². The number of hydrogen-bond donors (Lipinski definition) is 1. The molecule has 6 nitrogen and oxygen atoms in total. The van der Waals surface area contributed by atoms with Gasteiger partial charge in [0.2, 0.25) is 0 Å². The first kappa shape index (κ1) is 16.2. The van der Waals surface area contributed by atoms with Gasteiger partial charge in [-0.1, -0.05) is 0 Å². The molecule has 0 amide bonds. The van der Waals surface area contributed by atoms with Gasteiger partial charge in [0.25, 0.3) is 0 Å². The summed E-state index contributed by atoms with van der Waals surface area (Å²) in [5, 5.41) is 2.99. The Balaban J connectivity index is 0.00000180. The van der Waals surface area contributed by atoms with Crippen LogP contribution in [0.4, 0.5) is 0 Å². The normalized spacial score (nSPS) is 27.4. The topological polar surface area (TPSA) is 73.9 Å². The molecule has 0 aliphatic carbocycles. The number of nitrogens with one attached hydrogen (secondary N) is 1. The Morgan fingerprint density at radius 2 is 1.89 bits per heavy atom. The maximum atomic E-state index is 11.9. The summed E-state index contributed by atoms with van der Waals surface area (Å²) in [4.78, 5) is 23.2. The number of carbonyl (C=O) groups is 2. The molecule has 2 unspecified atom stereocenters. The minimum atomic E-state index is -0.359. The Labute approximate surface area is 118 Å². The number of ether oxygens (including phenoxy) is 3. The highest BCUT2D eigenvalue weighted by atomic mass is 35.5. The monoisotopic (exact) mass is 293 g/mol. The lowest BCUT2D eigenvalue weighted by molar-refractivity contribution is -0.157. The van der Waals surface area contributed by atoms with E-state index in [0.717, 1.165) is 12.8 Å². The Morgan fingerprint density at radius 1 is 1.21 bits per heavy atom. The fraction of sp³-hybridized carbons (Fsp3) is 0.833. The first-order valence-corrected chi connectivity index (χ1v) is 6.30. The Bertz CT molecular complexity index is 319. The molecule has 0 radical (unpaired) electrons. The molecule has 0 aromatic carbocycles. The van der Waals surface area contributed by atoms with E-state index in [0.29, 0.717) is 26.2 Å². The molecule has 2 heterocycles. The van der Waals surface area contributed by atoms with Crippen molar-refractivity contribution in [1.29, 1.82) is 0 Å². The molecular weight excluding hydrogens is 274 g/mol. The molecule has 2 aliphatic rings. The maximum absolute atomic E-state index is 11.9. The average molecular weight is 294 g/mol. The predicted octanol–water partition coefficient (Wildman–Crippen LogP) is 0.281. The van der Waals surface area contributed by atoms with Crippen LogP contribution >= 0.6 is 12.4 Å². The summed E-state index contributed by atoms with van der Waals surface area (Å²) in [6, 6.07) is -0.359. The van der Waals surface area contributed by atoms with Crippen LogP contribution in [-0.4, -0.2) is 51.0 Å². The molecule has 2 saturated heterocycles. The molecule has 7 heteroatoms. The highest BCUT2D eigenvalue weighted by Gasteiger charge is 2.34. The van der Waals surface area contributed by atoms with Crippen LogP contribution in [0.25, 0.3) is 0 Å². The van der Waals surface area contributed by atoms with Crippen molar-refractivity contribution < 1.29 is 23.8 Å². The van der Waals surface area contributed by atoms with Gasteiger partial charge in [-0.05, 0) is 12.8 Å². The fourth-order valence-electron chi connectivity index (χ4n) is 2.31. The summed E-state index contributed by atoms with van der Waals surface area (Å²) in [5.74, 6) is -0.536. The molecule has 110 valence electrons. The number of rotatable bonds is 3. The van der Waals surface area contributed by atoms with Gasteiger partial charge in [0, 0.05) is 26.2 Å². The van der Waals surface area contributed by atoms with Gasteiger partial charge in [0.1, 0.15) is 12.1 Å². The van der Waals surface area contributed by atoms with Crippen LogP contribution in [0.5, 0.6) is 0 Å². The second kappa shape index (κ2) is 7.67. The van der Waals surface area contributed by atoms with Crippen LogP contribution in [0.2, 0.25) is 0 Å².